The van der Waals surface area contributed by atoms with Gasteiger partial charge in [0.25, 0.3) is 10.2 Å². The standard InChI is InChI=1S/C9H23N3O3S/c1-8(10(2)3)9(13)7-12(6)16(14,15)11(4)5/h8-9,13H,7H2,1-6H3/t8-,9+/m0/s1. The van der Waals surface area contributed by atoms with Crippen LogP contribution in [0.2, 0.25) is 0 Å². The first-order chi connectivity index (χ1) is 7.10. The number of nitrogens with zero attached hydrogens (tertiary/aromatic N) is 3. The summed E-state index contributed by atoms with van der Waals surface area (Å²) in [5.74, 6) is 0. The number of aliphatic hydroxyl groups is 1. The van der Waals surface area contributed by atoms with Crippen LogP contribution < -0.4 is 0 Å². The number of hydrogen-bond donors (Lipinski definition) is 1. The highest BCUT2D eigenvalue weighted by Gasteiger charge is 2.25. The Balaban J connectivity index is 4.52. The van der Waals surface area contributed by atoms with E-state index < -0.39 is 16.3 Å². The van der Waals surface area contributed by atoms with Crippen LogP contribution in [0.5, 0.6) is 0 Å². The van der Waals surface area contributed by atoms with Crippen molar-refractivity contribution in [3.63, 3.8) is 0 Å². The Kier molecular flexibility index (Phi) is 5.85. The van der Waals surface area contributed by atoms with Crippen LogP contribution in [0.3, 0.4) is 0 Å². The number of aliphatic hydroxyl groups excluding tert-OH is 1. The van der Waals surface area contributed by atoms with Gasteiger partial charge in [-0.2, -0.15) is 17.0 Å². The maximum Gasteiger partial charge on any atom is 0.281 e. The van der Waals surface area contributed by atoms with Crippen molar-refractivity contribution in [2.24, 2.45) is 0 Å². The minimum Gasteiger partial charge on any atom is -0.390 e. The van der Waals surface area contributed by atoms with Crippen molar-refractivity contribution in [2.45, 2.75) is 19.1 Å². The van der Waals surface area contributed by atoms with E-state index in [1.165, 1.54) is 21.1 Å². The van der Waals surface area contributed by atoms with Gasteiger partial charge >= 0.3 is 0 Å². The predicted molar refractivity (Wildman–Crippen MR) is 64.4 cm³/mol. The van der Waals surface area contributed by atoms with E-state index in [9.17, 15) is 13.5 Å². The van der Waals surface area contributed by atoms with Crippen LogP contribution in [0.15, 0.2) is 0 Å². The van der Waals surface area contributed by atoms with Gasteiger partial charge in [0, 0.05) is 33.7 Å². The first-order valence-corrected chi connectivity index (χ1v) is 6.48. The monoisotopic (exact) mass is 253 g/mol. The second kappa shape index (κ2) is 5.92. The average molecular weight is 253 g/mol. The molecule has 2 atom stereocenters. The fourth-order valence-electron chi connectivity index (χ4n) is 1.13. The van der Waals surface area contributed by atoms with Gasteiger partial charge in [0.2, 0.25) is 0 Å². The van der Waals surface area contributed by atoms with Crippen LogP contribution in [-0.2, 0) is 10.2 Å². The van der Waals surface area contributed by atoms with Gasteiger partial charge in [-0.05, 0) is 21.0 Å². The summed E-state index contributed by atoms with van der Waals surface area (Å²) in [5.41, 5.74) is 0. The summed E-state index contributed by atoms with van der Waals surface area (Å²) in [5, 5.41) is 9.84. The van der Waals surface area contributed by atoms with E-state index >= 15 is 0 Å². The van der Waals surface area contributed by atoms with E-state index in [1.807, 2.05) is 25.9 Å². The lowest BCUT2D eigenvalue weighted by molar-refractivity contribution is 0.0723. The van der Waals surface area contributed by atoms with Gasteiger partial charge in [0.05, 0.1) is 6.10 Å². The van der Waals surface area contributed by atoms with Crippen LogP contribution in [0, 0.1) is 0 Å². The van der Waals surface area contributed by atoms with Crippen molar-refractivity contribution in [2.75, 3.05) is 41.8 Å². The molecule has 0 radical (unpaired) electrons. The zero-order chi connectivity index (χ0) is 13.1. The van der Waals surface area contributed by atoms with Crippen molar-refractivity contribution in [1.82, 2.24) is 13.5 Å². The summed E-state index contributed by atoms with van der Waals surface area (Å²) in [6.45, 7) is 1.93. The second-order valence-electron chi connectivity index (χ2n) is 4.34. The molecular formula is C9H23N3O3S. The molecule has 0 aliphatic heterocycles. The Morgan fingerprint density at radius 2 is 1.56 bits per heavy atom. The Hall–Kier alpha value is -0.210. The Bertz CT molecular complexity index is 303. The van der Waals surface area contributed by atoms with Gasteiger partial charge in [-0.15, -0.1) is 0 Å². The molecule has 16 heavy (non-hydrogen) atoms. The lowest BCUT2D eigenvalue weighted by atomic mass is 10.2. The highest BCUT2D eigenvalue weighted by molar-refractivity contribution is 7.86. The average Bonchev–Trinajstić information content (AvgIpc) is 2.15. The van der Waals surface area contributed by atoms with Crippen LogP contribution in [0.1, 0.15) is 6.92 Å². The Morgan fingerprint density at radius 3 is 1.88 bits per heavy atom. The molecule has 0 aromatic rings. The Morgan fingerprint density at radius 1 is 1.12 bits per heavy atom. The molecule has 0 saturated carbocycles. The molecule has 0 spiro atoms. The van der Waals surface area contributed by atoms with E-state index in [0.717, 1.165) is 8.61 Å². The fraction of sp³-hybridized carbons (Fsp3) is 1.00. The molecular weight excluding hydrogens is 230 g/mol. The molecule has 7 heteroatoms. The SMILES string of the molecule is C[C@@H]([C@H](O)CN(C)S(=O)(=O)N(C)C)N(C)C. The van der Waals surface area contributed by atoms with Gasteiger partial charge in [-0.1, -0.05) is 0 Å². The first-order valence-electron chi connectivity index (χ1n) is 5.09. The summed E-state index contributed by atoms with van der Waals surface area (Å²) in [4.78, 5) is 1.85. The normalized spacial score (nSPS) is 17.1. The summed E-state index contributed by atoms with van der Waals surface area (Å²) in [7, 11) is 4.63. The molecule has 0 aliphatic carbocycles. The molecule has 0 bridgehead atoms. The maximum absolute atomic E-state index is 11.7. The molecule has 0 amide bonds. The van der Waals surface area contributed by atoms with E-state index in [4.69, 9.17) is 0 Å². The van der Waals surface area contributed by atoms with Crippen molar-refractivity contribution in [3.8, 4) is 0 Å². The third kappa shape index (κ3) is 3.99. The zero-order valence-electron chi connectivity index (χ0n) is 10.9. The van der Waals surface area contributed by atoms with Crippen molar-refractivity contribution in [1.29, 1.82) is 0 Å². The van der Waals surface area contributed by atoms with E-state index in [2.05, 4.69) is 0 Å². The van der Waals surface area contributed by atoms with Gasteiger partial charge in [0.15, 0.2) is 0 Å². The molecule has 0 saturated heterocycles. The smallest absolute Gasteiger partial charge is 0.281 e. The first kappa shape index (κ1) is 15.8. The van der Waals surface area contributed by atoms with Crippen molar-refractivity contribution in [3.05, 3.63) is 0 Å². The van der Waals surface area contributed by atoms with Gasteiger partial charge in [-0.3, -0.25) is 0 Å². The minimum atomic E-state index is -3.44. The van der Waals surface area contributed by atoms with Crippen LogP contribution in [0.25, 0.3) is 0 Å². The van der Waals surface area contributed by atoms with E-state index in [-0.39, 0.29) is 12.6 Å². The highest BCUT2D eigenvalue weighted by atomic mass is 32.2. The van der Waals surface area contributed by atoms with E-state index in [0.29, 0.717) is 0 Å². The molecule has 1 N–H and O–H groups in total. The molecule has 0 heterocycles. The maximum atomic E-state index is 11.7. The summed E-state index contributed by atoms with van der Waals surface area (Å²) in [6.07, 6.45) is -0.713. The molecule has 0 unspecified atom stereocenters. The third-order valence-corrected chi connectivity index (χ3v) is 4.53. The number of rotatable bonds is 6. The summed E-state index contributed by atoms with van der Waals surface area (Å²) in [6, 6.07) is -0.0974. The quantitative estimate of drug-likeness (QED) is 0.662. The summed E-state index contributed by atoms with van der Waals surface area (Å²) < 4.78 is 25.6. The molecule has 0 rings (SSSR count). The van der Waals surface area contributed by atoms with Crippen molar-refractivity contribution >= 4 is 10.2 Å². The lowest BCUT2D eigenvalue weighted by Crippen LogP contribution is -2.47. The third-order valence-electron chi connectivity index (χ3n) is 2.67. The van der Waals surface area contributed by atoms with Gasteiger partial charge in [-0.25, -0.2) is 0 Å². The molecule has 6 nitrogen and oxygen atoms in total. The lowest BCUT2D eigenvalue weighted by Gasteiger charge is -2.29. The number of likely N-dealkylation sites (N-methyl/N-ethyl adjacent to an activating group) is 2. The second-order valence-corrected chi connectivity index (χ2v) is 6.59. The molecule has 0 aromatic carbocycles. The van der Waals surface area contributed by atoms with Crippen LogP contribution >= 0.6 is 0 Å². The predicted octanol–water partition coefficient (Wildman–Crippen LogP) is -0.964. The van der Waals surface area contributed by atoms with Crippen LogP contribution in [0.4, 0.5) is 0 Å². The molecule has 98 valence electrons. The van der Waals surface area contributed by atoms with Crippen LogP contribution in [-0.4, -0.2) is 81.0 Å². The van der Waals surface area contributed by atoms with Gasteiger partial charge in [0.1, 0.15) is 0 Å². The van der Waals surface area contributed by atoms with E-state index in [1.54, 1.807) is 0 Å². The summed E-state index contributed by atoms with van der Waals surface area (Å²) >= 11 is 0. The molecule has 0 aromatic heterocycles. The largest absolute Gasteiger partial charge is 0.390 e. The Labute approximate surface area is 98.6 Å². The zero-order valence-corrected chi connectivity index (χ0v) is 11.7. The highest BCUT2D eigenvalue weighted by Crippen LogP contribution is 2.06. The molecule has 0 aliphatic rings. The topological polar surface area (TPSA) is 64.1 Å². The minimum absolute atomic E-state index is 0.0832. The van der Waals surface area contributed by atoms with Crippen molar-refractivity contribution < 1.29 is 13.5 Å². The number of hydrogen-bond acceptors (Lipinski definition) is 4. The fourth-order valence-corrected chi connectivity index (χ4v) is 2.03. The molecule has 0 fully saturated rings. The van der Waals surface area contributed by atoms with Gasteiger partial charge < -0.3 is 10.0 Å².